The Hall–Kier alpha value is -0.570. The number of hydrogen-bond acceptors (Lipinski definition) is 2. The maximum Gasteiger partial charge on any atom is 0.0472 e. The first-order valence-electron chi connectivity index (χ1n) is 7.36. The van der Waals surface area contributed by atoms with E-state index < -0.39 is 0 Å². The zero-order valence-corrected chi connectivity index (χ0v) is 12.5. The van der Waals surface area contributed by atoms with Crippen LogP contribution < -0.4 is 5.32 Å². The van der Waals surface area contributed by atoms with Crippen molar-refractivity contribution >= 4 is 11.6 Å². The van der Waals surface area contributed by atoms with Crippen LogP contribution in [0.25, 0.3) is 0 Å². The van der Waals surface area contributed by atoms with E-state index in [2.05, 4.69) is 24.4 Å². The molecule has 0 spiro atoms. The van der Waals surface area contributed by atoms with Crippen LogP contribution in [0.15, 0.2) is 24.3 Å². The fraction of sp³-hybridized carbons (Fsp3) is 0.625. The van der Waals surface area contributed by atoms with E-state index in [0.717, 1.165) is 43.7 Å². The van der Waals surface area contributed by atoms with Crippen LogP contribution in [0, 0.1) is 0 Å². The van der Waals surface area contributed by atoms with Gasteiger partial charge in [0, 0.05) is 36.7 Å². The van der Waals surface area contributed by atoms with Crippen molar-refractivity contribution in [1.29, 1.82) is 0 Å². The van der Waals surface area contributed by atoms with E-state index >= 15 is 0 Å². The maximum atomic E-state index is 6.32. The standard InChI is InChI=1S/C16H24ClNO/c1-2-10-19-11-9-13(12-18-14-7-8-14)15-5-3-4-6-16(15)17/h3-6,13-14,18H,2,7-12H2,1H3. The Morgan fingerprint density at radius 3 is 2.79 bits per heavy atom. The summed E-state index contributed by atoms with van der Waals surface area (Å²) < 4.78 is 5.63. The molecule has 19 heavy (non-hydrogen) atoms. The molecule has 2 nitrogen and oxygen atoms in total. The smallest absolute Gasteiger partial charge is 0.0472 e. The average molecular weight is 282 g/mol. The van der Waals surface area contributed by atoms with Gasteiger partial charge in [0.2, 0.25) is 0 Å². The second-order valence-corrected chi connectivity index (χ2v) is 5.71. The van der Waals surface area contributed by atoms with Gasteiger partial charge in [-0.1, -0.05) is 36.7 Å². The average Bonchev–Trinajstić information content (AvgIpc) is 3.23. The second kappa shape index (κ2) is 7.88. The first-order valence-corrected chi connectivity index (χ1v) is 7.74. The molecule has 1 aliphatic rings. The lowest BCUT2D eigenvalue weighted by molar-refractivity contribution is 0.127. The molecule has 0 radical (unpaired) electrons. The highest BCUT2D eigenvalue weighted by atomic mass is 35.5. The number of hydrogen-bond donors (Lipinski definition) is 1. The molecule has 0 aromatic heterocycles. The molecule has 0 bridgehead atoms. The molecule has 1 atom stereocenters. The number of ether oxygens (including phenoxy) is 1. The molecule has 0 heterocycles. The summed E-state index contributed by atoms with van der Waals surface area (Å²) in [6.45, 7) is 4.81. The lowest BCUT2D eigenvalue weighted by Crippen LogP contribution is -2.24. The normalized spacial score (nSPS) is 16.5. The molecule has 3 heteroatoms. The Balaban J connectivity index is 1.90. The van der Waals surface area contributed by atoms with Crippen molar-refractivity contribution in [3.8, 4) is 0 Å². The SMILES string of the molecule is CCCOCCC(CNC1CC1)c1ccccc1Cl. The summed E-state index contributed by atoms with van der Waals surface area (Å²) in [7, 11) is 0. The van der Waals surface area contributed by atoms with E-state index in [4.69, 9.17) is 16.3 Å². The summed E-state index contributed by atoms with van der Waals surface area (Å²) in [5.74, 6) is 0.450. The summed E-state index contributed by atoms with van der Waals surface area (Å²) in [6, 6.07) is 8.92. The third-order valence-corrected chi connectivity index (χ3v) is 3.88. The predicted molar refractivity (Wildman–Crippen MR) is 80.9 cm³/mol. The van der Waals surface area contributed by atoms with Crippen molar-refractivity contribution in [3.63, 3.8) is 0 Å². The molecular formula is C16H24ClNO. The molecule has 0 amide bonds. The van der Waals surface area contributed by atoms with Gasteiger partial charge in [-0.15, -0.1) is 0 Å². The Bertz CT molecular complexity index is 379. The number of nitrogens with one attached hydrogen (secondary N) is 1. The Kier molecular flexibility index (Phi) is 6.15. The van der Waals surface area contributed by atoms with Gasteiger partial charge >= 0.3 is 0 Å². The summed E-state index contributed by atoms with van der Waals surface area (Å²) in [6.07, 6.45) is 4.75. The van der Waals surface area contributed by atoms with E-state index in [1.807, 2.05) is 12.1 Å². The van der Waals surface area contributed by atoms with Crippen molar-refractivity contribution in [1.82, 2.24) is 5.32 Å². The maximum absolute atomic E-state index is 6.32. The minimum Gasteiger partial charge on any atom is -0.381 e. The summed E-state index contributed by atoms with van der Waals surface area (Å²) in [5.41, 5.74) is 1.25. The molecule has 106 valence electrons. The van der Waals surface area contributed by atoms with Gasteiger partial charge in [0.1, 0.15) is 0 Å². The molecule has 0 saturated heterocycles. The highest BCUT2D eigenvalue weighted by Gasteiger charge is 2.23. The van der Waals surface area contributed by atoms with Gasteiger partial charge in [0.15, 0.2) is 0 Å². The van der Waals surface area contributed by atoms with Gasteiger partial charge in [0.25, 0.3) is 0 Å². The van der Waals surface area contributed by atoms with Crippen molar-refractivity contribution in [2.45, 2.75) is 44.6 Å². The van der Waals surface area contributed by atoms with E-state index in [0.29, 0.717) is 5.92 Å². The molecule has 1 aliphatic carbocycles. The van der Waals surface area contributed by atoms with Crippen LogP contribution in [0.1, 0.15) is 44.1 Å². The van der Waals surface area contributed by atoms with Crippen molar-refractivity contribution in [2.24, 2.45) is 0 Å². The predicted octanol–water partition coefficient (Wildman–Crippen LogP) is 3.99. The minimum atomic E-state index is 0.450. The first-order chi connectivity index (χ1) is 9.31. The molecule has 1 unspecified atom stereocenters. The quantitative estimate of drug-likeness (QED) is 0.691. The van der Waals surface area contributed by atoms with Gasteiger partial charge in [-0.05, 0) is 37.3 Å². The summed E-state index contributed by atoms with van der Waals surface area (Å²) in [4.78, 5) is 0. The van der Waals surface area contributed by atoms with Crippen molar-refractivity contribution in [3.05, 3.63) is 34.9 Å². The first kappa shape index (κ1) is 14.8. The van der Waals surface area contributed by atoms with Crippen LogP contribution in [-0.2, 0) is 4.74 Å². The lowest BCUT2D eigenvalue weighted by Gasteiger charge is -2.19. The van der Waals surface area contributed by atoms with Crippen molar-refractivity contribution in [2.75, 3.05) is 19.8 Å². The zero-order chi connectivity index (χ0) is 13.5. The van der Waals surface area contributed by atoms with E-state index in [9.17, 15) is 0 Å². The fourth-order valence-electron chi connectivity index (χ4n) is 2.24. The second-order valence-electron chi connectivity index (χ2n) is 5.30. The Morgan fingerprint density at radius 2 is 2.11 bits per heavy atom. The van der Waals surface area contributed by atoms with E-state index in [-0.39, 0.29) is 0 Å². The largest absolute Gasteiger partial charge is 0.381 e. The molecule has 1 aromatic rings. The Labute approximate surface area is 121 Å². The molecule has 1 saturated carbocycles. The van der Waals surface area contributed by atoms with Gasteiger partial charge in [-0.2, -0.15) is 0 Å². The topological polar surface area (TPSA) is 21.3 Å². The van der Waals surface area contributed by atoms with Gasteiger partial charge < -0.3 is 10.1 Å². The molecule has 1 fully saturated rings. The molecule has 0 aliphatic heterocycles. The third-order valence-electron chi connectivity index (χ3n) is 3.53. The van der Waals surface area contributed by atoms with Crippen LogP contribution in [0.3, 0.4) is 0 Å². The molecular weight excluding hydrogens is 258 g/mol. The van der Waals surface area contributed by atoms with Crippen LogP contribution in [0.2, 0.25) is 5.02 Å². The van der Waals surface area contributed by atoms with E-state index in [1.165, 1.54) is 18.4 Å². The fourth-order valence-corrected chi connectivity index (χ4v) is 2.53. The van der Waals surface area contributed by atoms with Crippen LogP contribution in [-0.4, -0.2) is 25.8 Å². The third kappa shape index (κ3) is 5.13. The highest BCUT2D eigenvalue weighted by molar-refractivity contribution is 6.31. The molecule has 1 aromatic carbocycles. The van der Waals surface area contributed by atoms with Gasteiger partial charge in [-0.25, -0.2) is 0 Å². The molecule has 1 N–H and O–H groups in total. The van der Waals surface area contributed by atoms with E-state index in [1.54, 1.807) is 0 Å². The van der Waals surface area contributed by atoms with Gasteiger partial charge in [0.05, 0.1) is 0 Å². The number of rotatable bonds is 9. The van der Waals surface area contributed by atoms with Crippen LogP contribution >= 0.6 is 11.6 Å². The number of benzene rings is 1. The summed E-state index contributed by atoms with van der Waals surface area (Å²) in [5, 5.41) is 4.48. The summed E-state index contributed by atoms with van der Waals surface area (Å²) >= 11 is 6.32. The number of halogens is 1. The van der Waals surface area contributed by atoms with Crippen LogP contribution in [0.5, 0.6) is 0 Å². The monoisotopic (exact) mass is 281 g/mol. The zero-order valence-electron chi connectivity index (χ0n) is 11.7. The minimum absolute atomic E-state index is 0.450. The Morgan fingerprint density at radius 1 is 1.32 bits per heavy atom. The molecule has 2 rings (SSSR count). The van der Waals surface area contributed by atoms with Crippen molar-refractivity contribution < 1.29 is 4.74 Å². The highest BCUT2D eigenvalue weighted by Crippen LogP contribution is 2.28. The lowest BCUT2D eigenvalue weighted by atomic mass is 9.96. The van der Waals surface area contributed by atoms with Crippen LogP contribution in [0.4, 0.5) is 0 Å². The van der Waals surface area contributed by atoms with Gasteiger partial charge in [-0.3, -0.25) is 0 Å².